The van der Waals surface area contributed by atoms with Crippen molar-refractivity contribution in [1.82, 2.24) is 14.9 Å². The number of hydrogen-bond acceptors (Lipinski definition) is 4. The highest BCUT2D eigenvalue weighted by atomic mass is 32.1. The molecule has 2 atom stereocenters. The molecule has 1 aliphatic heterocycles. The van der Waals surface area contributed by atoms with Crippen molar-refractivity contribution in [2.75, 3.05) is 6.54 Å². The van der Waals surface area contributed by atoms with E-state index in [1.165, 1.54) is 0 Å². The molecule has 2 heterocycles. The van der Waals surface area contributed by atoms with Crippen molar-refractivity contribution in [2.45, 2.75) is 38.3 Å². The Bertz CT molecular complexity index is 856. The number of H-pyrrole nitrogens is 2. The number of benzene rings is 1. The summed E-state index contributed by atoms with van der Waals surface area (Å²) < 4.78 is 0.236. The van der Waals surface area contributed by atoms with E-state index in [1.54, 1.807) is 25.1 Å². The quantitative estimate of drug-likeness (QED) is 0.749. The van der Waals surface area contributed by atoms with Crippen LogP contribution in [0.25, 0.3) is 10.9 Å². The van der Waals surface area contributed by atoms with Gasteiger partial charge >= 0.3 is 0 Å². The second-order valence-corrected chi connectivity index (χ2v) is 6.46. The van der Waals surface area contributed by atoms with Crippen LogP contribution < -0.4 is 5.56 Å². The third-order valence-corrected chi connectivity index (χ3v) is 4.44. The maximum Gasteiger partial charge on any atom is 0.259 e. The van der Waals surface area contributed by atoms with Crippen LogP contribution in [0, 0.1) is 4.77 Å². The molecule has 2 aromatic rings. The summed E-state index contributed by atoms with van der Waals surface area (Å²) in [6, 6.07) is 5.03. The zero-order chi connectivity index (χ0) is 16.6. The van der Waals surface area contributed by atoms with Crippen molar-refractivity contribution in [3.63, 3.8) is 0 Å². The van der Waals surface area contributed by atoms with Gasteiger partial charge in [-0.1, -0.05) is 0 Å². The second kappa shape index (κ2) is 6.25. The van der Waals surface area contributed by atoms with Crippen LogP contribution in [0.3, 0.4) is 0 Å². The van der Waals surface area contributed by atoms with Gasteiger partial charge in [-0.25, -0.2) is 0 Å². The van der Waals surface area contributed by atoms with Gasteiger partial charge in [0.1, 0.15) is 0 Å². The van der Waals surface area contributed by atoms with Gasteiger partial charge in [0.2, 0.25) is 0 Å². The number of nitrogens with one attached hydrogen (secondary N) is 2. The predicted octanol–water partition coefficient (Wildman–Crippen LogP) is 1.96. The Morgan fingerprint density at radius 2 is 2.26 bits per heavy atom. The van der Waals surface area contributed by atoms with Gasteiger partial charge in [-0.15, -0.1) is 0 Å². The van der Waals surface area contributed by atoms with Gasteiger partial charge in [-0.05, 0) is 56.6 Å². The molecular weight excluding hydrogens is 314 g/mol. The van der Waals surface area contributed by atoms with Gasteiger partial charge in [-0.2, -0.15) is 0 Å². The third-order valence-electron chi connectivity index (χ3n) is 4.24. The van der Waals surface area contributed by atoms with E-state index in [0.29, 0.717) is 29.4 Å². The topological polar surface area (TPSA) is 89.2 Å². The molecule has 0 unspecified atom stereocenters. The molecule has 7 heteroatoms. The molecule has 3 rings (SSSR count). The minimum Gasteiger partial charge on any atom is -0.393 e. The Morgan fingerprint density at radius 3 is 3.00 bits per heavy atom. The Morgan fingerprint density at radius 1 is 1.48 bits per heavy atom. The monoisotopic (exact) mass is 333 g/mol. The van der Waals surface area contributed by atoms with Crippen LogP contribution >= 0.6 is 12.2 Å². The molecule has 1 aliphatic rings. The number of aromatic nitrogens is 2. The number of aromatic amines is 2. The third kappa shape index (κ3) is 3.20. The Balaban J connectivity index is 1.94. The Kier molecular flexibility index (Phi) is 4.32. The molecule has 1 amide bonds. The van der Waals surface area contributed by atoms with E-state index in [2.05, 4.69) is 9.97 Å². The summed E-state index contributed by atoms with van der Waals surface area (Å²) in [5.74, 6) is -0.0744. The van der Waals surface area contributed by atoms with Crippen molar-refractivity contribution >= 4 is 29.0 Å². The van der Waals surface area contributed by atoms with E-state index < -0.39 is 6.10 Å². The molecular formula is C16H19N3O3S. The minimum atomic E-state index is -0.431. The maximum absolute atomic E-state index is 12.8. The van der Waals surface area contributed by atoms with E-state index in [9.17, 15) is 14.7 Å². The lowest BCUT2D eigenvalue weighted by Gasteiger charge is -2.25. The van der Waals surface area contributed by atoms with E-state index in [4.69, 9.17) is 12.2 Å². The SMILES string of the molecule is C[C@H](O)C[C@H]1CCCN1C(=O)c1ccc2c(=O)[nH]c(=S)[nH]c2c1. The summed E-state index contributed by atoms with van der Waals surface area (Å²) >= 11 is 4.98. The lowest BCUT2D eigenvalue weighted by Crippen LogP contribution is -2.37. The van der Waals surface area contributed by atoms with Gasteiger partial charge in [0.05, 0.1) is 17.0 Å². The molecule has 0 bridgehead atoms. The van der Waals surface area contributed by atoms with E-state index in [0.717, 1.165) is 12.8 Å². The van der Waals surface area contributed by atoms with Crippen LogP contribution in [0.2, 0.25) is 0 Å². The van der Waals surface area contributed by atoms with Crippen molar-refractivity contribution < 1.29 is 9.90 Å². The number of amides is 1. The number of nitrogens with zero attached hydrogens (tertiary/aromatic N) is 1. The zero-order valence-electron chi connectivity index (χ0n) is 12.8. The molecule has 23 heavy (non-hydrogen) atoms. The van der Waals surface area contributed by atoms with Gasteiger partial charge in [0.25, 0.3) is 11.5 Å². The first kappa shape index (κ1) is 15.9. The van der Waals surface area contributed by atoms with E-state index in [1.807, 2.05) is 4.90 Å². The van der Waals surface area contributed by atoms with Gasteiger partial charge in [0.15, 0.2) is 4.77 Å². The highest BCUT2D eigenvalue weighted by Crippen LogP contribution is 2.24. The second-order valence-electron chi connectivity index (χ2n) is 6.05. The summed E-state index contributed by atoms with van der Waals surface area (Å²) in [6.07, 6.45) is 2.01. The van der Waals surface area contributed by atoms with Crippen LogP contribution in [0.5, 0.6) is 0 Å². The minimum absolute atomic E-state index is 0.0656. The number of aliphatic hydroxyl groups is 1. The summed E-state index contributed by atoms with van der Waals surface area (Å²) in [5.41, 5.74) is 0.804. The van der Waals surface area contributed by atoms with Crippen molar-refractivity contribution in [3.05, 3.63) is 38.9 Å². The molecule has 1 saturated heterocycles. The number of fused-ring (bicyclic) bond motifs is 1. The maximum atomic E-state index is 12.8. The van der Waals surface area contributed by atoms with Gasteiger partial charge in [0, 0.05) is 18.2 Å². The number of likely N-dealkylation sites (tertiary alicyclic amines) is 1. The van der Waals surface area contributed by atoms with Crippen LogP contribution in [0.4, 0.5) is 0 Å². The largest absolute Gasteiger partial charge is 0.393 e. The van der Waals surface area contributed by atoms with Gasteiger partial charge in [-0.3, -0.25) is 14.6 Å². The molecule has 0 spiro atoms. The fourth-order valence-electron chi connectivity index (χ4n) is 3.21. The number of carbonyl (C=O) groups is 1. The molecule has 1 fully saturated rings. The highest BCUT2D eigenvalue weighted by Gasteiger charge is 2.30. The van der Waals surface area contributed by atoms with Crippen molar-refractivity contribution in [3.8, 4) is 0 Å². The molecule has 6 nitrogen and oxygen atoms in total. The van der Waals surface area contributed by atoms with Crippen LogP contribution in [0.1, 0.15) is 36.5 Å². The number of rotatable bonds is 3. The Hall–Kier alpha value is -1.99. The normalized spacial score (nSPS) is 19.2. The summed E-state index contributed by atoms with van der Waals surface area (Å²) in [6.45, 7) is 2.43. The lowest BCUT2D eigenvalue weighted by molar-refractivity contribution is 0.0682. The first-order valence-electron chi connectivity index (χ1n) is 7.71. The molecule has 1 aromatic carbocycles. The molecule has 3 N–H and O–H groups in total. The van der Waals surface area contributed by atoms with Crippen LogP contribution in [0.15, 0.2) is 23.0 Å². The number of carbonyl (C=O) groups excluding carboxylic acids is 1. The summed E-state index contributed by atoms with van der Waals surface area (Å²) in [4.78, 5) is 31.9. The van der Waals surface area contributed by atoms with Gasteiger partial charge < -0.3 is 15.0 Å². The van der Waals surface area contributed by atoms with Crippen LogP contribution in [-0.4, -0.2) is 44.6 Å². The van der Waals surface area contributed by atoms with E-state index in [-0.39, 0.29) is 22.3 Å². The fraction of sp³-hybridized carbons (Fsp3) is 0.438. The highest BCUT2D eigenvalue weighted by molar-refractivity contribution is 7.71. The smallest absolute Gasteiger partial charge is 0.259 e. The fourth-order valence-corrected chi connectivity index (χ4v) is 3.41. The van der Waals surface area contributed by atoms with Crippen molar-refractivity contribution in [2.24, 2.45) is 0 Å². The number of aliphatic hydroxyl groups excluding tert-OH is 1. The Labute approximate surface area is 138 Å². The molecule has 0 saturated carbocycles. The van der Waals surface area contributed by atoms with E-state index >= 15 is 0 Å². The molecule has 1 aromatic heterocycles. The lowest BCUT2D eigenvalue weighted by atomic mass is 10.1. The van der Waals surface area contributed by atoms with Crippen molar-refractivity contribution in [1.29, 1.82) is 0 Å². The average molecular weight is 333 g/mol. The first-order chi connectivity index (χ1) is 11.0. The summed E-state index contributed by atoms with van der Waals surface area (Å²) in [5, 5.41) is 10.1. The predicted molar refractivity (Wildman–Crippen MR) is 90.1 cm³/mol. The van der Waals surface area contributed by atoms with Crippen LogP contribution in [-0.2, 0) is 0 Å². The standard InChI is InChI=1S/C16H19N3O3S/c1-9(20)7-11-3-2-6-19(11)15(22)10-4-5-12-13(8-10)17-16(23)18-14(12)21/h4-5,8-9,11,20H,2-3,6-7H2,1H3,(H2,17,18,21,23)/t9-,11+/m0/s1. The molecule has 122 valence electrons. The molecule has 0 radical (unpaired) electrons. The average Bonchev–Trinajstić information content (AvgIpc) is 2.92. The number of hydrogen-bond donors (Lipinski definition) is 3. The molecule has 0 aliphatic carbocycles. The summed E-state index contributed by atoms with van der Waals surface area (Å²) in [7, 11) is 0. The zero-order valence-corrected chi connectivity index (χ0v) is 13.7. The first-order valence-corrected chi connectivity index (χ1v) is 8.12.